The number of para-hydroxylation sites is 2. The largest absolute Gasteiger partial charge is 0.494 e. The third-order valence-corrected chi connectivity index (χ3v) is 4.96. The Balaban J connectivity index is 1.83. The number of amides is 1. The van der Waals surface area contributed by atoms with Gasteiger partial charge in [-0.05, 0) is 30.2 Å². The van der Waals surface area contributed by atoms with Crippen molar-refractivity contribution in [3.63, 3.8) is 0 Å². The van der Waals surface area contributed by atoms with Gasteiger partial charge in [0.1, 0.15) is 17.1 Å². The van der Waals surface area contributed by atoms with E-state index in [9.17, 15) is 13.6 Å². The van der Waals surface area contributed by atoms with Gasteiger partial charge in [-0.25, -0.2) is 4.98 Å². The van der Waals surface area contributed by atoms with E-state index in [1.807, 2.05) is 19.1 Å². The second kappa shape index (κ2) is 6.47. The van der Waals surface area contributed by atoms with E-state index in [1.54, 1.807) is 35.9 Å². The number of rotatable bonds is 4. The van der Waals surface area contributed by atoms with Crippen LogP contribution in [0, 0.1) is 0 Å². The number of anilines is 1. The number of hydrogen-bond donors (Lipinski definition) is 0. The summed E-state index contributed by atoms with van der Waals surface area (Å²) >= 11 is 0. The monoisotopic (exact) mass is 387 g/mol. The minimum Gasteiger partial charge on any atom is -0.494 e. The maximum absolute atomic E-state index is 14.3. The van der Waals surface area contributed by atoms with E-state index in [2.05, 4.69) is 4.98 Å². The number of hydrogen-bond acceptors (Lipinski definition) is 4. The molecule has 0 saturated carbocycles. The number of halogens is 2. The highest BCUT2D eigenvalue weighted by Gasteiger charge is 2.51. The smallest absolute Gasteiger partial charge is 0.483 e. The number of alkyl halides is 2. The van der Waals surface area contributed by atoms with Crippen molar-refractivity contribution in [3.8, 4) is 11.5 Å². The first-order valence-corrected chi connectivity index (χ1v) is 8.86. The van der Waals surface area contributed by atoms with Gasteiger partial charge in [-0.2, -0.15) is 8.78 Å². The fraction of sp³-hybridized carbons (Fsp3) is 0.300. The normalized spacial score (nSPS) is 15.5. The van der Waals surface area contributed by atoms with Gasteiger partial charge in [-0.1, -0.05) is 25.1 Å². The summed E-state index contributed by atoms with van der Waals surface area (Å²) in [6.07, 6.45) is -3.43. The molecule has 2 aromatic carbocycles. The molecule has 0 fully saturated rings. The third kappa shape index (κ3) is 2.67. The molecule has 146 valence electrons. The van der Waals surface area contributed by atoms with E-state index >= 15 is 0 Å². The number of aryl methyl sites for hydroxylation is 2. The fourth-order valence-corrected chi connectivity index (χ4v) is 3.46. The zero-order chi connectivity index (χ0) is 20.1. The Bertz CT molecular complexity index is 1080. The van der Waals surface area contributed by atoms with Crippen LogP contribution in [0.3, 0.4) is 0 Å². The van der Waals surface area contributed by atoms with Gasteiger partial charge in [0.2, 0.25) is 0 Å². The molecule has 8 heteroatoms. The van der Waals surface area contributed by atoms with Crippen LogP contribution in [-0.4, -0.2) is 28.7 Å². The van der Waals surface area contributed by atoms with Gasteiger partial charge < -0.3 is 14.0 Å². The molecular formula is C20H19F2N3O3. The van der Waals surface area contributed by atoms with Crippen molar-refractivity contribution < 1.29 is 23.0 Å². The van der Waals surface area contributed by atoms with Crippen LogP contribution in [0.25, 0.3) is 11.0 Å². The predicted molar refractivity (Wildman–Crippen MR) is 99.9 cm³/mol. The lowest BCUT2D eigenvalue weighted by molar-refractivity contribution is -0.193. The first-order chi connectivity index (χ1) is 13.4. The highest BCUT2D eigenvalue weighted by Crippen LogP contribution is 2.42. The van der Waals surface area contributed by atoms with Crippen LogP contribution in [-0.2, 0) is 24.8 Å². The van der Waals surface area contributed by atoms with Gasteiger partial charge in [-0.3, -0.25) is 9.69 Å². The standard InChI is InChI=1S/C20H19F2N3O3/c1-4-12-7-5-9-14-18(12)28-20(21,22)19(26)25(14)11-16-23-17-13(24(16)2)8-6-10-15(17)27-3/h5-10H,4,11H2,1-3H3. The zero-order valence-electron chi connectivity index (χ0n) is 15.7. The van der Waals surface area contributed by atoms with Crippen LogP contribution in [0.15, 0.2) is 36.4 Å². The van der Waals surface area contributed by atoms with Gasteiger partial charge in [0.15, 0.2) is 5.75 Å². The lowest BCUT2D eigenvalue weighted by Crippen LogP contribution is -2.50. The van der Waals surface area contributed by atoms with Gasteiger partial charge in [-0.15, -0.1) is 0 Å². The summed E-state index contributed by atoms with van der Waals surface area (Å²) in [5.74, 6) is -0.344. The second-order valence-electron chi connectivity index (χ2n) is 6.54. The van der Waals surface area contributed by atoms with Gasteiger partial charge in [0.25, 0.3) is 0 Å². The molecule has 0 unspecified atom stereocenters. The molecule has 2 heterocycles. The molecule has 1 aliphatic heterocycles. The quantitative estimate of drug-likeness (QED) is 0.686. The van der Waals surface area contributed by atoms with Crippen molar-refractivity contribution in [1.82, 2.24) is 9.55 Å². The van der Waals surface area contributed by atoms with E-state index in [1.165, 1.54) is 7.11 Å². The van der Waals surface area contributed by atoms with Gasteiger partial charge >= 0.3 is 12.0 Å². The van der Waals surface area contributed by atoms with Crippen molar-refractivity contribution in [1.29, 1.82) is 0 Å². The van der Waals surface area contributed by atoms with Crippen LogP contribution in [0.2, 0.25) is 0 Å². The van der Waals surface area contributed by atoms with Crippen molar-refractivity contribution >= 4 is 22.6 Å². The minimum atomic E-state index is -3.93. The topological polar surface area (TPSA) is 56.6 Å². The summed E-state index contributed by atoms with van der Waals surface area (Å²) in [6, 6.07) is 10.5. The molecule has 1 aromatic heterocycles. The Morgan fingerprint density at radius 1 is 1.21 bits per heavy atom. The number of benzene rings is 2. The molecule has 4 rings (SSSR count). The molecule has 0 radical (unpaired) electrons. The number of methoxy groups -OCH3 is 1. The highest BCUT2D eigenvalue weighted by molar-refractivity contribution is 6.01. The highest BCUT2D eigenvalue weighted by atomic mass is 19.3. The summed E-state index contributed by atoms with van der Waals surface area (Å²) in [5, 5.41) is 0. The number of ether oxygens (including phenoxy) is 2. The molecule has 28 heavy (non-hydrogen) atoms. The number of imidazole rings is 1. The first-order valence-electron chi connectivity index (χ1n) is 8.86. The van der Waals surface area contributed by atoms with Crippen LogP contribution < -0.4 is 14.4 Å². The van der Waals surface area contributed by atoms with Gasteiger partial charge in [0, 0.05) is 7.05 Å². The molecule has 6 nitrogen and oxygen atoms in total. The van der Waals surface area contributed by atoms with Crippen molar-refractivity contribution in [2.75, 3.05) is 12.0 Å². The molecular weight excluding hydrogens is 368 g/mol. The number of nitrogens with zero attached hydrogens (tertiary/aromatic N) is 3. The van der Waals surface area contributed by atoms with E-state index in [4.69, 9.17) is 9.47 Å². The maximum Gasteiger partial charge on any atom is 0.483 e. The van der Waals surface area contributed by atoms with E-state index in [0.717, 1.165) is 10.4 Å². The number of carbonyl (C=O) groups excluding carboxylic acids is 1. The Hall–Kier alpha value is -3.16. The summed E-state index contributed by atoms with van der Waals surface area (Å²) in [4.78, 5) is 18.0. The Morgan fingerprint density at radius 2 is 1.96 bits per heavy atom. The van der Waals surface area contributed by atoms with Crippen molar-refractivity contribution in [2.24, 2.45) is 7.05 Å². The lowest BCUT2D eigenvalue weighted by atomic mass is 10.1. The van der Waals surface area contributed by atoms with Crippen LogP contribution in [0.4, 0.5) is 14.5 Å². The summed E-state index contributed by atoms with van der Waals surface area (Å²) in [7, 11) is 3.31. The van der Waals surface area contributed by atoms with Crippen LogP contribution in [0.1, 0.15) is 18.3 Å². The number of carbonyl (C=O) groups is 1. The molecule has 0 N–H and O–H groups in total. The Morgan fingerprint density at radius 3 is 2.68 bits per heavy atom. The van der Waals surface area contributed by atoms with E-state index in [0.29, 0.717) is 34.8 Å². The number of fused-ring (bicyclic) bond motifs is 2. The fourth-order valence-electron chi connectivity index (χ4n) is 3.46. The molecule has 0 saturated heterocycles. The average molecular weight is 387 g/mol. The maximum atomic E-state index is 14.3. The molecule has 3 aromatic rings. The Labute approximate surface area is 160 Å². The lowest BCUT2D eigenvalue weighted by Gasteiger charge is -2.34. The second-order valence-corrected chi connectivity index (χ2v) is 6.54. The molecule has 1 amide bonds. The van der Waals surface area contributed by atoms with Crippen LogP contribution >= 0.6 is 0 Å². The Kier molecular flexibility index (Phi) is 4.21. The first kappa shape index (κ1) is 18.2. The average Bonchev–Trinajstić information content (AvgIpc) is 3.00. The zero-order valence-corrected chi connectivity index (χ0v) is 15.7. The SMILES string of the molecule is CCc1cccc2c1OC(F)(F)C(=O)N2Cc1nc2c(OC)cccc2n1C. The number of aromatic nitrogens is 2. The predicted octanol–water partition coefficient (Wildman–Crippen LogP) is 3.66. The summed E-state index contributed by atoms with van der Waals surface area (Å²) in [5.41, 5.74) is 2.32. The van der Waals surface area contributed by atoms with Crippen molar-refractivity contribution in [2.45, 2.75) is 26.0 Å². The van der Waals surface area contributed by atoms with Crippen LogP contribution in [0.5, 0.6) is 11.5 Å². The minimum absolute atomic E-state index is 0.0333. The summed E-state index contributed by atoms with van der Waals surface area (Å²) < 4.78 is 40.5. The molecule has 0 bridgehead atoms. The molecule has 1 aliphatic rings. The molecule has 0 aliphatic carbocycles. The van der Waals surface area contributed by atoms with E-state index in [-0.39, 0.29) is 12.3 Å². The molecule has 0 atom stereocenters. The third-order valence-electron chi connectivity index (χ3n) is 4.96. The summed E-state index contributed by atoms with van der Waals surface area (Å²) in [6.45, 7) is 1.72. The van der Waals surface area contributed by atoms with E-state index < -0.39 is 12.0 Å². The van der Waals surface area contributed by atoms with Crippen molar-refractivity contribution in [3.05, 3.63) is 47.8 Å². The molecule has 0 spiro atoms. The van der Waals surface area contributed by atoms with Gasteiger partial charge in [0.05, 0.1) is 24.9 Å².